The average molecular weight is 374 g/mol. The van der Waals surface area contributed by atoms with E-state index in [1.807, 2.05) is 37.3 Å². The fraction of sp³-hybridized carbons (Fsp3) is 0.350. The summed E-state index contributed by atoms with van der Waals surface area (Å²) >= 11 is 6.04. The third-order valence-corrected chi connectivity index (χ3v) is 4.91. The highest BCUT2D eigenvalue weighted by Gasteiger charge is 2.32. The summed E-state index contributed by atoms with van der Waals surface area (Å²) in [6, 6.07) is 11.2. The number of rotatable bonds is 4. The molecule has 26 heavy (non-hydrogen) atoms. The van der Waals surface area contributed by atoms with Crippen LogP contribution in [0.15, 0.2) is 36.4 Å². The largest absolute Gasteiger partial charge is 0.486 e. The molecule has 2 heterocycles. The number of ether oxygens (including phenoxy) is 3. The molecule has 0 N–H and O–H groups in total. The molecule has 136 valence electrons. The Labute approximate surface area is 157 Å². The molecule has 2 aromatic rings. The van der Waals surface area contributed by atoms with Crippen molar-refractivity contribution in [2.24, 2.45) is 0 Å². The second-order valence-electron chi connectivity index (χ2n) is 6.36. The van der Waals surface area contributed by atoms with Gasteiger partial charge in [-0.2, -0.15) is 0 Å². The summed E-state index contributed by atoms with van der Waals surface area (Å²) in [4.78, 5) is 14.8. The van der Waals surface area contributed by atoms with Crippen molar-refractivity contribution in [2.45, 2.75) is 26.0 Å². The summed E-state index contributed by atoms with van der Waals surface area (Å²) in [7, 11) is 0. The first kappa shape index (κ1) is 17.0. The van der Waals surface area contributed by atoms with E-state index in [1.54, 1.807) is 11.0 Å². The van der Waals surface area contributed by atoms with E-state index < -0.39 is 6.10 Å². The summed E-state index contributed by atoms with van der Waals surface area (Å²) in [5, 5.41) is 0.654. The maximum Gasteiger partial charge on any atom is 0.264 e. The van der Waals surface area contributed by atoms with Gasteiger partial charge in [-0.1, -0.05) is 23.7 Å². The maximum atomic E-state index is 13.0. The lowest BCUT2D eigenvalue weighted by Gasteiger charge is -2.27. The first-order valence-electron chi connectivity index (χ1n) is 8.77. The van der Waals surface area contributed by atoms with Crippen molar-refractivity contribution in [3.63, 3.8) is 0 Å². The third kappa shape index (κ3) is 3.19. The molecule has 1 atom stereocenters. The number of likely N-dealkylation sites (N-methyl/N-ethyl adjacent to an activating group) is 1. The first-order valence-corrected chi connectivity index (χ1v) is 9.15. The van der Waals surface area contributed by atoms with Gasteiger partial charge in [0, 0.05) is 30.1 Å². The second-order valence-corrected chi connectivity index (χ2v) is 6.79. The Morgan fingerprint density at radius 3 is 2.88 bits per heavy atom. The smallest absolute Gasteiger partial charge is 0.264 e. The molecule has 0 radical (unpaired) electrons. The summed E-state index contributed by atoms with van der Waals surface area (Å²) in [5.41, 5.74) is 1.91. The van der Waals surface area contributed by atoms with Crippen molar-refractivity contribution in [2.75, 3.05) is 19.8 Å². The Kier molecular flexibility index (Phi) is 4.64. The molecule has 4 rings (SSSR count). The summed E-state index contributed by atoms with van der Waals surface area (Å²) in [5.74, 6) is 2.16. The molecule has 0 aromatic heterocycles. The van der Waals surface area contributed by atoms with Gasteiger partial charge in [-0.3, -0.25) is 4.79 Å². The van der Waals surface area contributed by atoms with Gasteiger partial charge >= 0.3 is 0 Å². The Balaban J connectivity index is 1.51. The zero-order valence-corrected chi connectivity index (χ0v) is 15.3. The lowest BCUT2D eigenvalue weighted by molar-refractivity contribution is -0.138. The Bertz CT molecular complexity index is 839. The van der Waals surface area contributed by atoms with Gasteiger partial charge < -0.3 is 19.1 Å². The maximum absolute atomic E-state index is 13.0. The van der Waals surface area contributed by atoms with Gasteiger partial charge in [0.15, 0.2) is 17.6 Å². The normalized spacial score (nSPS) is 17.4. The molecule has 0 bridgehead atoms. The molecule has 5 nitrogen and oxygen atoms in total. The Morgan fingerprint density at radius 1 is 1.19 bits per heavy atom. The van der Waals surface area contributed by atoms with Gasteiger partial charge in [-0.25, -0.2) is 0 Å². The molecule has 0 aliphatic carbocycles. The zero-order valence-electron chi connectivity index (χ0n) is 14.5. The van der Waals surface area contributed by atoms with E-state index >= 15 is 0 Å². The summed E-state index contributed by atoms with van der Waals surface area (Å²) in [6.07, 6.45) is 0.0256. The number of carbonyl (C=O) groups excluding carboxylic acids is 1. The van der Waals surface area contributed by atoms with Crippen LogP contribution in [-0.4, -0.2) is 36.7 Å². The Morgan fingerprint density at radius 2 is 2.04 bits per heavy atom. The summed E-state index contributed by atoms with van der Waals surface area (Å²) < 4.78 is 17.2. The minimum Gasteiger partial charge on any atom is -0.486 e. The highest BCUT2D eigenvalue weighted by Crippen LogP contribution is 2.35. The molecule has 2 aliphatic heterocycles. The number of para-hydroxylation sites is 1. The van der Waals surface area contributed by atoms with Crippen molar-refractivity contribution in [1.29, 1.82) is 0 Å². The number of halogens is 1. The van der Waals surface area contributed by atoms with Gasteiger partial charge in [0.05, 0.1) is 0 Å². The average Bonchev–Trinajstić information content (AvgIpc) is 3.08. The van der Waals surface area contributed by atoms with Gasteiger partial charge in [-0.05, 0) is 36.8 Å². The lowest BCUT2D eigenvalue weighted by Crippen LogP contribution is -2.41. The monoisotopic (exact) mass is 373 g/mol. The topological polar surface area (TPSA) is 48.0 Å². The molecule has 1 amide bonds. The predicted molar refractivity (Wildman–Crippen MR) is 98.1 cm³/mol. The van der Waals surface area contributed by atoms with Gasteiger partial charge in [0.1, 0.15) is 19.0 Å². The van der Waals surface area contributed by atoms with Gasteiger partial charge in [0.25, 0.3) is 5.91 Å². The fourth-order valence-electron chi connectivity index (χ4n) is 3.37. The summed E-state index contributed by atoms with van der Waals surface area (Å²) in [6.45, 7) is 4.07. The van der Waals surface area contributed by atoms with Crippen LogP contribution < -0.4 is 14.2 Å². The van der Waals surface area contributed by atoms with Crippen molar-refractivity contribution in [1.82, 2.24) is 4.90 Å². The standard InChI is InChI=1S/C20H20ClNO4/c1-2-22(12-13-4-3-5-17-19(13)25-9-8-24-17)20(23)18-11-14-10-15(21)6-7-16(14)26-18/h3-7,10,18H,2,8-9,11-12H2,1H3. The lowest BCUT2D eigenvalue weighted by atomic mass is 10.1. The van der Waals surface area contributed by atoms with Crippen LogP contribution in [0.3, 0.4) is 0 Å². The van der Waals surface area contributed by atoms with Gasteiger partial charge in [0.2, 0.25) is 0 Å². The number of amides is 1. The molecular formula is C20H20ClNO4. The van der Waals surface area contributed by atoms with Crippen LogP contribution in [0.2, 0.25) is 5.02 Å². The SMILES string of the molecule is CCN(Cc1cccc2c1OCCO2)C(=O)C1Cc2cc(Cl)ccc2O1. The van der Waals surface area contributed by atoms with Crippen LogP contribution in [0.25, 0.3) is 0 Å². The molecule has 0 saturated heterocycles. The fourth-order valence-corrected chi connectivity index (χ4v) is 3.56. The highest BCUT2D eigenvalue weighted by atomic mass is 35.5. The van der Waals surface area contributed by atoms with Crippen molar-refractivity contribution in [3.8, 4) is 17.2 Å². The third-order valence-electron chi connectivity index (χ3n) is 4.67. The van der Waals surface area contributed by atoms with Crippen molar-refractivity contribution < 1.29 is 19.0 Å². The van der Waals surface area contributed by atoms with E-state index in [9.17, 15) is 4.79 Å². The molecule has 0 spiro atoms. The number of nitrogens with zero attached hydrogens (tertiary/aromatic N) is 1. The molecule has 2 aliphatic rings. The number of benzene rings is 2. The number of hydrogen-bond acceptors (Lipinski definition) is 4. The number of carbonyl (C=O) groups is 1. The predicted octanol–water partition coefficient (Wildman–Crippen LogP) is 3.46. The molecule has 6 heteroatoms. The van der Waals surface area contributed by atoms with Crippen LogP contribution in [0.4, 0.5) is 0 Å². The van der Waals surface area contributed by atoms with Crippen LogP contribution >= 0.6 is 11.6 Å². The molecule has 0 saturated carbocycles. The zero-order chi connectivity index (χ0) is 18.1. The van der Waals surface area contributed by atoms with E-state index in [1.165, 1.54) is 0 Å². The van der Waals surface area contributed by atoms with Crippen molar-refractivity contribution in [3.05, 3.63) is 52.5 Å². The minimum atomic E-state index is -0.514. The first-order chi connectivity index (χ1) is 12.7. The molecule has 1 unspecified atom stereocenters. The highest BCUT2D eigenvalue weighted by molar-refractivity contribution is 6.30. The molecule has 2 aromatic carbocycles. The van der Waals surface area contributed by atoms with Crippen molar-refractivity contribution >= 4 is 17.5 Å². The number of fused-ring (bicyclic) bond motifs is 2. The van der Waals surface area contributed by atoms with Crippen LogP contribution in [0.1, 0.15) is 18.1 Å². The Hall–Kier alpha value is -2.40. The van der Waals surface area contributed by atoms with E-state index in [0.717, 1.165) is 28.4 Å². The minimum absolute atomic E-state index is 0.0332. The number of hydrogen-bond donors (Lipinski definition) is 0. The molecular weight excluding hydrogens is 354 g/mol. The van der Waals surface area contributed by atoms with E-state index in [-0.39, 0.29) is 5.91 Å². The second kappa shape index (κ2) is 7.08. The van der Waals surface area contributed by atoms with Crippen LogP contribution in [-0.2, 0) is 17.8 Å². The van der Waals surface area contributed by atoms with Crippen LogP contribution in [0, 0.1) is 0 Å². The quantitative estimate of drug-likeness (QED) is 0.823. The van der Waals surface area contributed by atoms with Gasteiger partial charge in [-0.15, -0.1) is 0 Å². The molecule has 0 fully saturated rings. The van der Waals surface area contributed by atoms with E-state index in [0.29, 0.717) is 37.7 Å². The van der Waals surface area contributed by atoms with E-state index in [4.69, 9.17) is 25.8 Å². The van der Waals surface area contributed by atoms with Crippen LogP contribution in [0.5, 0.6) is 17.2 Å². The van der Waals surface area contributed by atoms with E-state index in [2.05, 4.69) is 0 Å².